The maximum Gasteiger partial charge on any atom is 0.174 e. The van der Waals surface area contributed by atoms with Gasteiger partial charge >= 0.3 is 0 Å². The lowest BCUT2D eigenvalue weighted by atomic mass is 10.1. The van der Waals surface area contributed by atoms with E-state index in [-0.39, 0.29) is 0 Å². The lowest BCUT2D eigenvalue weighted by molar-refractivity contribution is 0.629. The molecule has 0 unspecified atom stereocenters. The average molecular weight is 202 g/mol. The van der Waals surface area contributed by atoms with Crippen LogP contribution in [0, 0.1) is 0 Å². The van der Waals surface area contributed by atoms with E-state index in [0.29, 0.717) is 5.92 Å². The summed E-state index contributed by atoms with van der Waals surface area (Å²) >= 11 is 3.40. The molecule has 1 rings (SSSR count). The van der Waals surface area contributed by atoms with Crippen molar-refractivity contribution in [3.63, 3.8) is 0 Å². The van der Waals surface area contributed by atoms with Gasteiger partial charge in [-0.3, -0.25) is 0 Å². The zero-order valence-electron chi connectivity index (χ0n) is 7.70. The Morgan fingerprint density at radius 2 is 2.00 bits per heavy atom. The fourth-order valence-corrected chi connectivity index (χ4v) is 2.66. The third kappa shape index (κ3) is 2.20. The second-order valence-electron chi connectivity index (χ2n) is 2.62. The molecule has 1 heterocycles. The summed E-state index contributed by atoms with van der Waals surface area (Å²) in [4.78, 5) is 0. The van der Waals surface area contributed by atoms with Crippen molar-refractivity contribution in [2.75, 3.05) is 6.26 Å². The van der Waals surface area contributed by atoms with Gasteiger partial charge in [-0.2, -0.15) is 0 Å². The fourth-order valence-electron chi connectivity index (χ4n) is 1.11. The van der Waals surface area contributed by atoms with E-state index >= 15 is 0 Å². The van der Waals surface area contributed by atoms with Gasteiger partial charge in [-0.25, -0.2) is 0 Å². The zero-order chi connectivity index (χ0) is 8.97. The minimum Gasteiger partial charge on any atom is -0.142 e. The number of hydrogen-bond acceptors (Lipinski definition) is 4. The van der Waals surface area contributed by atoms with Crippen molar-refractivity contribution in [2.45, 2.75) is 36.9 Å². The van der Waals surface area contributed by atoms with E-state index in [1.54, 1.807) is 23.1 Å². The fraction of sp³-hybridized carbons (Fsp3) is 0.750. The second-order valence-corrected chi connectivity index (χ2v) is 4.69. The smallest absolute Gasteiger partial charge is 0.142 e. The van der Waals surface area contributed by atoms with Crippen LogP contribution in [0.3, 0.4) is 0 Å². The first-order valence-electron chi connectivity index (χ1n) is 4.19. The van der Waals surface area contributed by atoms with Gasteiger partial charge in [0.05, 0.1) is 0 Å². The third-order valence-corrected chi connectivity index (χ3v) is 3.99. The summed E-state index contributed by atoms with van der Waals surface area (Å²) in [6.45, 7) is 4.41. The Hall–Kier alpha value is -0.0900. The van der Waals surface area contributed by atoms with E-state index in [1.807, 2.05) is 6.26 Å². The van der Waals surface area contributed by atoms with E-state index in [4.69, 9.17) is 0 Å². The molecule has 0 aromatic carbocycles. The SMILES string of the molecule is CCC(CC)c1nnc(SC)s1. The number of rotatable bonds is 4. The molecule has 0 N–H and O–H groups in total. The van der Waals surface area contributed by atoms with Gasteiger partial charge in [0, 0.05) is 5.92 Å². The van der Waals surface area contributed by atoms with Gasteiger partial charge < -0.3 is 0 Å². The van der Waals surface area contributed by atoms with Crippen LogP contribution in [0.2, 0.25) is 0 Å². The highest BCUT2D eigenvalue weighted by molar-refractivity contribution is 8.00. The summed E-state index contributed by atoms with van der Waals surface area (Å²) in [6.07, 6.45) is 4.37. The molecule has 12 heavy (non-hydrogen) atoms. The molecular formula is C8H14N2S2. The molecule has 0 spiro atoms. The summed E-state index contributed by atoms with van der Waals surface area (Å²) in [5, 5.41) is 9.46. The Morgan fingerprint density at radius 3 is 2.42 bits per heavy atom. The Kier molecular flexibility index (Phi) is 4.01. The molecule has 0 atom stereocenters. The van der Waals surface area contributed by atoms with E-state index in [0.717, 1.165) is 4.34 Å². The quantitative estimate of drug-likeness (QED) is 0.701. The number of hydrogen-bond donors (Lipinski definition) is 0. The predicted molar refractivity (Wildman–Crippen MR) is 55.0 cm³/mol. The van der Waals surface area contributed by atoms with Gasteiger partial charge in [0.25, 0.3) is 0 Å². The molecule has 0 bridgehead atoms. The molecule has 68 valence electrons. The van der Waals surface area contributed by atoms with Crippen LogP contribution in [-0.2, 0) is 0 Å². The molecule has 1 aromatic heterocycles. The standard InChI is InChI=1S/C8H14N2S2/c1-4-6(5-2)7-9-10-8(11-3)12-7/h6H,4-5H2,1-3H3. The molecule has 2 nitrogen and oxygen atoms in total. The zero-order valence-corrected chi connectivity index (χ0v) is 9.34. The summed E-state index contributed by atoms with van der Waals surface area (Å²) in [5.41, 5.74) is 0. The van der Waals surface area contributed by atoms with Crippen LogP contribution in [0.5, 0.6) is 0 Å². The van der Waals surface area contributed by atoms with Gasteiger partial charge in [0.1, 0.15) is 5.01 Å². The van der Waals surface area contributed by atoms with Crippen molar-refractivity contribution in [3.05, 3.63) is 5.01 Å². The third-order valence-electron chi connectivity index (χ3n) is 1.93. The Bertz CT molecular complexity index is 231. The Labute approximate surface area is 81.8 Å². The summed E-state index contributed by atoms with van der Waals surface area (Å²) in [7, 11) is 0. The molecule has 0 saturated heterocycles. The molecule has 1 aromatic rings. The average Bonchev–Trinajstić information content (AvgIpc) is 2.55. The minimum atomic E-state index is 0.614. The molecule has 0 aliphatic rings. The van der Waals surface area contributed by atoms with Crippen molar-refractivity contribution in [2.24, 2.45) is 0 Å². The van der Waals surface area contributed by atoms with E-state index in [2.05, 4.69) is 24.0 Å². The normalized spacial score (nSPS) is 11.0. The summed E-state index contributed by atoms with van der Waals surface area (Å²) in [5.74, 6) is 0.614. The Morgan fingerprint density at radius 1 is 1.33 bits per heavy atom. The van der Waals surface area contributed by atoms with Gasteiger partial charge in [-0.15, -0.1) is 10.2 Å². The first-order valence-corrected chi connectivity index (χ1v) is 6.23. The van der Waals surface area contributed by atoms with Crippen molar-refractivity contribution >= 4 is 23.1 Å². The lowest BCUT2D eigenvalue weighted by Crippen LogP contribution is -1.93. The molecule has 0 saturated carbocycles. The van der Waals surface area contributed by atoms with Crippen LogP contribution in [0.1, 0.15) is 37.6 Å². The van der Waals surface area contributed by atoms with Crippen molar-refractivity contribution < 1.29 is 0 Å². The molecule has 0 aliphatic heterocycles. The van der Waals surface area contributed by atoms with Crippen LogP contribution in [0.25, 0.3) is 0 Å². The van der Waals surface area contributed by atoms with Crippen molar-refractivity contribution in [3.8, 4) is 0 Å². The summed E-state index contributed by atoms with van der Waals surface area (Å²) < 4.78 is 1.08. The minimum absolute atomic E-state index is 0.614. The van der Waals surface area contributed by atoms with Crippen molar-refractivity contribution in [1.29, 1.82) is 0 Å². The molecule has 0 amide bonds. The number of thioether (sulfide) groups is 1. The van der Waals surface area contributed by atoms with E-state index < -0.39 is 0 Å². The van der Waals surface area contributed by atoms with Crippen LogP contribution < -0.4 is 0 Å². The first-order chi connectivity index (χ1) is 5.81. The first kappa shape index (κ1) is 9.99. The number of aromatic nitrogens is 2. The molecule has 4 heteroatoms. The summed E-state index contributed by atoms with van der Waals surface area (Å²) in [6, 6.07) is 0. The van der Waals surface area contributed by atoms with Gasteiger partial charge in [-0.1, -0.05) is 36.9 Å². The van der Waals surface area contributed by atoms with Gasteiger partial charge in [-0.05, 0) is 19.1 Å². The van der Waals surface area contributed by atoms with Crippen LogP contribution in [0.4, 0.5) is 0 Å². The van der Waals surface area contributed by atoms with E-state index in [1.165, 1.54) is 17.8 Å². The largest absolute Gasteiger partial charge is 0.174 e. The lowest BCUT2D eigenvalue weighted by Gasteiger charge is -2.05. The highest BCUT2D eigenvalue weighted by Gasteiger charge is 2.12. The van der Waals surface area contributed by atoms with Crippen molar-refractivity contribution in [1.82, 2.24) is 10.2 Å². The van der Waals surface area contributed by atoms with Crippen LogP contribution in [0.15, 0.2) is 4.34 Å². The second kappa shape index (κ2) is 4.82. The molecule has 0 radical (unpaired) electrons. The van der Waals surface area contributed by atoms with Crippen LogP contribution in [-0.4, -0.2) is 16.5 Å². The highest BCUT2D eigenvalue weighted by atomic mass is 32.2. The van der Waals surface area contributed by atoms with Gasteiger partial charge in [0.15, 0.2) is 4.34 Å². The van der Waals surface area contributed by atoms with Gasteiger partial charge in [0.2, 0.25) is 0 Å². The Balaban J connectivity index is 2.72. The maximum atomic E-state index is 4.18. The topological polar surface area (TPSA) is 25.8 Å². The maximum absolute atomic E-state index is 4.18. The van der Waals surface area contributed by atoms with Crippen LogP contribution >= 0.6 is 23.1 Å². The number of nitrogens with zero attached hydrogens (tertiary/aromatic N) is 2. The monoisotopic (exact) mass is 202 g/mol. The van der Waals surface area contributed by atoms with E-state index in [9.17, 15) is 0 Å². The highest BCUT2D eigenvalue weighted by Crippen LogP contribution is 2.29. The predicted octanol–water partition coefficient (Wildman–Crippen LogP) is 3.16. The molecular weight excluding hydrogens is 188 g/mol. The molecule has 0 fully saturated rings. The molecule has 0 aliphatic carbocycles.